The maximum atomic E-state index is 15.1. The number of hydrogen-bond donors (Lipinski definition) is 3. The van der Waals surface area contributed by atoms with Gasteiger partial charge in [0, 0.05) is 60.7 Å². The van der Waals surface area contributed by atoms with E-state index in [9.17, 15) is 15.3 Å². The molecule has 3 saturated carbocycles. The number of rotatable bonds is 15. The molecule has 0 aromatic heterocycles. The normalized spacial score (nSPS) is 34.8. The molecule has 9 atom stereocenters. The zero-order chi connectivity index (χ0) is 39.2. The Morgan fingerprint density at radius 1 is 0.857 bits per heavy atom. The summed E-state index contributed by atoms with van der Waals surface area (Å²) in [7, 11) is 1.71. The van der Waals surface area contributed by atoms with Gasteiger partial charge in [-0.15, -0.1) is 0 Å². The maximum Gasteiger partial charge on any atom is 0.189 e. The minimum atomic E-state index is -1.02. The molecule has 3 aromatic rings. The van der Waals surface area contributed by atoms with E-state index in [2.05, 4.69) is 61.2 Å². The van der Waals surface area contributed by atoms with Crippen LogP contribution in [0.5, 0.6) is 0 Å². The third kappa shape index (κ3) is 6.57. The van der Waals surface area contributed by atoms with Gasteiger partial charge in [0.1, 0.15) is 0 Å². The van der Waals surface area contributed by atoms with E-state index >= 15 is 4.79 Å². The van der Waals surface area contributed by atoms with Gasteiger partial charge in [-0.3, -0.25) is 9.69 Å². The molecule has 3 aromatic carbocycles. The second-order valence-corrected chi connectivity index (χ2v) is 18.3. The lowest BCUT2D eigenvalue weighted by Crippen LogP contribution is -2.67. The number of nitrogens with zero attached hydrogens (tertiary/aromatic N) is 1. The summed E-state index contributed by atoms with van der Waals surface area (Å²) in [5.41, 5.74) is 2.31. The van der Waals surface area contributed by atoms with Gasteiger partial charge in [0.2, 0.25) is 0 Å². The molecule has 0 saturated heterocycles. The van der Waals surface area contributed by atoms with Crippen molar-refractivity contribution in [1.29, 1.82) is 0 Å². The van der Waals surface area contributed by atoms with E-state index in [0.717, 1.165) is 60.8 Å². The Morgan fingerprint density at radius 2 is 1.52 bits per heavy atom. The highest BCUT2D eigenvalue weighted by Crippen LogP contribution is 2.78. The first-order chi connectivity index (χ1) is 27.0. The van der Waals surface area contributed by atoms with E-state index < -0.39 is 28.6 Å². The standard InChI is InChI=1S/C49H61NO6/c1-45-22-19-39(51)29-47(45)25-26-49(41(30-47)44(53)38-17-15-37(16-18-38)36-13-8-5-9-14-36)42(45)20-23-46(2)43(49)21-24-48(46,54)34-50(27-10-28-55-3)31-40(52)33-56-32-35-11-6-4-7-12-35/h4-9,11-18,25-26,30,39-40,42-43,51-52,54H,10,19-24,27-29,31-34H2,1-3H3/t39?,40-,42-,43-,45-,46+,47+,48-,49-/m1/s1. The molecule has 3 N–H and O–H groups in total. The van der Waals surface area contributed by atoms with Crippen molar-refractivity contribution in [2.75, 3.05) is 40.0 Å². The number of ketones is 1. The zero-order valence-electron chi connectivity index (χ0n) is 33.5. The summed E-state index contributed by atoms with van der Waals surface area (Å²) in [4.78, 5) is 17.4. The number of fused-ring (bicyclic) bond motifs is 1. The highest BCUT2D eigenvalue weighted by molar-refractivity contribution is 6.10. The van der Waals surface area contributed by atoms with Crippen LogP contribution in [0.4, 0.5) is 0 Å². The van der Waals surface area contributed by atoms with E-state index in [1.54, 1.807) is 7.11 Å². The molecule has 0 amide bonds. The molecule has 0 aliphatic heterocycles. The molecule has 1 unspecified atom stereocenters. The molecule has 56 heavy (non-hydrogen) atoms. The number of methoxy groups -OCH3 is 1. The molecule has 3 fully saturated rings. The first-order valence-electron chi connectivity index (χ1n) is 21.0. The number of carbonyl (C=O) groups is 1. The fraction of sp³-hybridized carbons (Fsp3) is 0.531. The van der Waals surface area contributed by atoms with E-state index in [1.807, 2.05) is 60.7 Å². The topological polar surface area (TPSA) is 99.5 Å². The predicted molar refractivity (Wildman–Crippen MR) is 220 cm³/mol. The van der Waals surface area contributed by atoms with Crippen LogP contribution in [0.1, 0.15) is 81.1 Å². The molecule has 9 rings (SSSR count). The van der Waals surface area contributed by atoms with E-state index in [1.165, 1.54) is 0 Å². The van der Waals surface area contributed by atoms with Crippen LogP contribution < -0.4 is 0 Å². The van der Waals surface area contributed by atoms with Crippen molar-refractivity contribution >= 4 is 5.78 Å². The fourth-order valence-electron chi connectivity index (χ4n) is 12.5. The third-order valence-corrected chi connectivity index (χ3v) is 15.4. The molecule has 7 heteroatoms. The van der Waals surface area contributed by atoms with Crippen LogP contribution >= 0.6 is 0 Å². The van der Waals surface area contributed by atoms with Crippen molar-refractivity contribution in [2.45, 2.75) is 89.6 Å². The van der Waals surface area contributed by atoms with Gasteiger partial charge in [-0.25, -0.2) is 0 Å². The highest BCUT2D eigenvalue weighted by Gasteiger charge is 2.74. The van der Waals surface area contributed by atoms with Crippen molar-refractivity contribution in [1.82, 2.24) is 4.90 Å². The Labute approximate surface area is 333 Å². The summed E-state index contributed by atoms with van der Waals surface area (Å²) >= 11 is 0. The van der Waals surface area contributed by atoms with Gasteiger partial charge in [-0.05, 0) is 85.3 Å². The average Bonchev–Trinajstić information content (AvgIpc) is 3.48. The van der Waals surface area contributed by atoms with Gasteiger partial charge in [0.25, 0.3) is 0 Å². The Morgan fingerprint density at radius 3 is 2.25 bits per heavy atom. The van der Waals surface area contributed by atoms with Crippen LogP contribution in [0.15, 0.2) is 109 Å². The van der Waals surface area contributed by atoms with Crippen molar-refractivity contribution in [3.05, 3.63) is 120 Å². The molecule has 298 valence electrons. The van der Waals surface area contributed by atoms with Gasteiger partial charge in [0.15, 0.2) is 5.78 Å². The summed E-state index contributed by atoms with van der Waals surface area (Å²) in [5.74, 6) is 0.345. The number of benzene rings is 3. The number of Topliss-reactive ketones (excluding diaryl/α,β-unsaturated/α-hetero) is 1. The molecule has 0 radical (unpaired) electrons. The molecule has 6 aliphatic rings. The minimum absolute atomic E-state index is 0.0516. The summed E-state index contributed by atoms with van der Waals surface area (Å²) in [6, 6.07) is 28.3. The van der Waals surface area contributed by atoms with Crippen molar-refractivity contribution in [3.63, 3.8) is 0 Å². The first-order valence-corrected chi connectivity index (χ1v) is 21.0. The maximum absolute atomic E-state index is 15.1. The highest BCUT2D eigenvalue weighted by atomic mass is 16.5. The van der Waals surface area contributed by atoms with E-state index in [-0.39, 0.29) is 35.1 Å². The van der Waals surface area contributed by atoms with Crippen LogP contribution in [0.25, 0.3) is 11.1 Å². The monoisotopic (exact) mass is 759 g/mol. The Balaban J connectivity index is 1.10. The second kappa shape index (κ2) is 15.4. The summed E-state index contributed by atoms with van der Waals surface area (Å²) in [6.45, 7) is 7.47. The second-order valence-electron chi connectivity index (χ2n) is 18.3. The number of carbonyl (C=O) groups excluding carboxylic acids is 1. The van der Waals surface area contributed by atoms with Gasteiger partial charge in [-0.2, -0.15) is 0 Å². The molecule has 2 bridgehead atoms. The van der Waals surface area contributed by atoms with Crippen LogP contribution in [-0.4, -0.2) is 83.8 Å². The van der Waals surface area contributed by atoms with Gasteiger partial charge in [0.05, 0.1) is 31.0 Å². The molecule has 7 nitrogen and oxygen atoms in total. The smallest absolute Gasteiger partial charge is 0.189 e. The Hall–Kier alpha value is -3.43. The van der Waals surface area contributed by atoms with Crippen LogP contribution in [0.3, 0.4) is 0 Å². The number of ether oxygens (including phenoxy) is 2. The van der Waals surface area contributed by atoms with Crippen molar-refractivity contribution in [3.8, 4) is 11.1 Å². The SMILES string of the molecule is COCCCN(C[C@@H](O)COCc1ccccc1)C[C@]1(O)CC[C@H]2[C@]34C=C[C@@]5(C=C3C(=O)c3ccc(-c6ccccc6)cc3)CC(O)CC[C@]5(C)[C@H]4CC[C@@]21C. The van der Waals surface area contributed by atoms with E-state index in [0.29, 0.717) is 51.3 Å². The molecule has 0 heterocycles. The van der Waals surface area contributed by atoms with Gasteiger partial charge >= 0.3 is 0 Å². The summed E-state index contributed by atoms with van der Waals surface area (Å²) in [6.07, 6.45) is 12.3. The average molecular weight is 760 g/mol. The van der Waals surface area contributed by atoms with E-state index in [4.69, 9.17) is 9.47 Å². The Bertz CT molecular complexity index is 1910. The Kier molecular flexibility index (Phi) is 10.8. The lowest BCUT2D eigenvalue weighted by Gasteiger charge is -2.71. The number of aliphatic hydroxyl groups excluding tert-OH is 2. The van der Waals surface area contributed by atoms with Crippen molar-refractivity contribution < 1.29 is 29.6 Å². The molecule has 2 spiro atoms. The van der Waals surface area contributed by atoms with Crippen LogP contribution in [-0.2, 0) is 16.1 Å². The fourth-order valence-corrected chi connectivity index (χ4v) is 12.5. The molecule has 6 aliphatic carbocycles. The van der Waals surface area contributed by atoms with Crippen LogP contribution in [0, 0.1) is 33.5 Å². The first kappa shape index (κ1) is 39.4. The number of allylic oxidation sites excluding steroid dienone is 4. The lowest BCUT2D eigenvalue weighted by molar-refractivity contribution is -0.177. The van der Waals surface area contributed by atoms with Crippen molar-refractivity contribution in [2.24, 2.45) is 33.5 Å². The van der Waals surface area contributed by atoms with Gasteiger partial charge in [-0.1, -0.05) is 117 Å². The summed E-state index contributed by atoms with van der Waals surface area (Å²) in [5, 5.41) is 35.4. The minimum Gasteiger partial charge on any atom is -0.393 e. The summed E-state index contributed by atoms with van der Waals surface area (Å²) < 4.78 is 11.4. The predicted octanol–water partition coefficient (Wildman–Crippen LogP) is 8.04. The van der Waals surface area contributed by atoms with Gasteiger partial charge < -0.3 is 24.8 Å². The molecular weight excluding hydrogens is 699 g/mol. The van der Waals surface area contributed by atoms with Crippen LogP contribution in [0.2, 0.25) is 0 Å². The lowest BCUT2D eigenvalue weighted by atomic mass is 9.32. The number of aliphatic hydroxyl groups is 3. The number of hydrogen-bond acceptors (Lipinski definition) is 7. The molecular formula is C49H61NO6. The third-order valence-electron chi connectivity index (χ3n) is 15.4. The zero-order valence-corrected chi connectivity index (χ0v) is 33.5. The largest absolute Gasteiger partial charge is 0.393 e. The quantitative estimate of drug-likeness (QED) is 0.0820.